The molecule has 1 aliphatic rings. The van der Waals surface area contributed by atoms with Gasteiger partial charge < -0.3 is 9.64 Å². The van der Waals surface area contributed by atoms with Crippen LogP contribution >= 0.6 is 23.2 Å². The summed E-state index contributed by atoms with van der Waals surface area (Å²) >= 11 is 11.8. The summed E-state index contributed by atoms with van der Waals surface area (Å²) in [4.78, 5) is 27.2. The molecule has 0 bridgehead atoms. The first-order valence-corrected chi connectivity index (χ1v) is 7.28. The van der Waals surface area contributed by atoms with Gasteiger partial charge in [0.15, 0.2) is 0 Å². The second-order valence-electron chi connectivity index (χ2n) is 4.81. The fraction of sp³-hybridized carbons (Fsp3) is 0.429. The third-order valence-corrected chi connectivity index (χ3v) is 4.29. The van der Waals surface area contributed by atoms with Crippen molar-refractivity contribution in [2.45, 2.75) is 18.9 Å². The first-order valence-electron chi connectivity index (χ1n) is 6.53. The molecule has 1 atom stereocenters. The van der Waals surface area contributed by atoms with Gasteiger partial charge in [-0.2, -0.15) is 0 Å². The number of rotatable bonds is 2. The van der Waals surface area contributed by atoms with Crippen LogP contribution in [0.15, 0.2) is 18.2 Å². The Labute approximate surface area is 133 Å². The minimum absolute atomic E-state index is 0.263. The van der Waals surface area contributed by atoms with E-state index in [4.69, 9.17) is 27.9 Å². The molecule has 2 amide bonds. The summed E-state index contributed by atoms with van der Waals surface area (Å²) in [5.74, 6) is -0.386. The van der Waals surface area contributed by atoms with Crippen LogP contribution in [0.4, 0.5) is 10.5 Å². The predicted molar refractivity (Wildman–Crippen MR) is 82.0 cm³/mol. The van der Waals surface area contributed by atoms with Crippen LogP contribution in [0, 0.1) is 0 Å². The van der Waals surface area contributed by atoms with Crippen LogP contribution < -0.4 is 4.90 Å². The summed E-state index contributed by atoms with van der Waals surface area (Å²) in [6.45, 7) is 0.532. The number of methoxy groups -OCH3 is 1. The monoisotopic (exact) mass is 330 g/mol. The molecular weight excluding hydrogens is 315 g/mol. The summed E-state index contributed by atoms with van der Waals surface area (Å²) in [5, 5.41) is 0.801. The van der Waals surface area contributed by atoms with Gasteiger partial charge in [-0.05, 0) is 31.0 Å². The Balaban J connectivity index is 2.18. The van der Waals surface area contributed by atoms with E-state index in [0.717, 1.165) is 6.42 Å². The number of hydrogen-bond donors (Lipinski definition) is 0. The number of hydrogen-bond acceptors (Lipinski definition) is 3. The van der Waals surface area contributed by atoms with E-state index >= 15 is 0 Å². The molecule has 0 aliphatic carbocycles. The lowest BCUT2D eigenvalue weighted by Crippen LogP contribution is -2.47. The average Bonchev–Trinajstić information content (AvgIpc) is 2.97. The van der Waals surface area contributed by atoms with Crippen molar-refractivity contribution in [3.05, 3.63) is 28.2 Å². The molecule has 1 saturated heterocycles. The van der Waals surface area contributed by atoms with E-state index in [9.17, 15) is 9.59 Å². The number of urea groups is 1. The number of carbonyl (C=O) groups excluding carboxylic acids is 2. The predicted octanol–water partition coefficient (Wildman–Crippen LogP) is 3.19. The first-order chi connectivity index (χ1) is 9.95. The Kier molecular flexibility index (Phi) is 4.96. The fourth-order valence-electron chi connectivity index (χ4n) is 2.37. The van der Waals surface area contributed by atoms with Crippen molar-refractivity contribution >= 4 is 40.9 Å². The highest BCUT2D eigenvalue weighted by atomic mass is 35.5. The van der Waals surface area contributed by atoms with E-state index in [1.165, 1.54) is 16.9 Å². The maximum Gasteiger partial charge on any atom is 0.328 e. The van der Waals surface area contributed by atoms with E-state index in [-0.39, 0.29) is 12.0 Å². The average molecular weight is 331 g/mol. The van der Waals surface area contributed by atoms with Crippen molar-refractivity contribution in [2.75, 3.05) is 25.6 Å². The zero-order valence-corrected chi connectivity index (χ0v) is 13.3. The molecule has 5 nitrogen and oxygen atoms in total. The van der Waals surface area contributed by atoms with Gasteiger partial charge in [-0.1, -0.05) is 23.2 Å². The van der Waals surface area contributed by atoms with Gasteiger partial charge in [0.2, 0.25) is 0 Å². The summed E-state index contributed by atoms with van der Waals surface area (Å²) in [7, 11) is 2.96. The van der Waals surface area contributed by atoms with E-state index in [1.807, 2.05) is 0 Å². The molecule has 0 radical (unpaired) electrons. The summed E-state index contributed by atoms with van der Waals surface area (Å²) in [6, 6.07) is 4.17. The van der Waals surface area contributed by atoms with Gasteiger partial charge in [-0.3, -0.25) is 4.90 Å². The molecule has 114 valence electrons. The van der Waals surface area contributed by atoms with Gasteiger partial charge in [-0.25, -0.2) is 9.59 Å². The third kappa shape index (κ3) is 3.24. The van der Waals surface area contributed by atoms with Gasteiger partial charge in [0, 0.05) is 19.3 Å². The van der Waals surface area contributed by atoms with Crippen LogP contribution in [0.5, 0.6) is 0 Å². The second-order valence-corrected chi connectivity index (χ2v) is 5.63. The number of likely N-dealkylation sites (tertiary alicyclic amines) is 1. The number of ether oxygens (including phenoxy) is 1. The van der Waals surface area contributed by atoms with Crippen molar-refractivity contribution in [1.29, 1.82) is 0 Å². The van der Waals surface area contributed by atoms with Gasteiger partial charge >= 0.3 is 12.0 Å². The third-order valence-electron chi connectivity index (χ3n) is 3.55. The number of esters is 1. The van der Waals surface area contributed by atoms with E-state index in [0.29, 0.717) is 28.7 Å². The number of anilines is 1. The van der Waals surface area contributed by atoms with Crippen molar-refractivity contribution < 1.29 is 14.3 Å². The Bertz CT molecular complexity index is 565. The molecule has 7 heteroatoms. The Hall–Kier alpha value is -1.46. The van der Waals surface area contributed by atoms with Crippen LogP contribution in [0.1, 0.15) is 12.8 Å². The lowest BCUT2D eigenvalue weighted by Gasteiger charge is -2.28. The number of benzene rings is 1. The topological polar surface area (TPSA) is 49.9 Å². The van der Waals surface area contributed by atoms with Crippen molar-refractivity contribution in [3.63, 3.8) is 0 Å². The van der Waals surface area contributed by atoms with Gasteiger partial charge in [-0.15, -0.1) is 0 Å². The van der Waals surface area contributed by atoms with Crippen molar-refractivity contribution in [2.24, 2.45) is 0 Å². The SMILES string of the molecule is COC(=O)[C@H]1CCCN1C(=O)N(C)c1ccc(Cl)c(Cl)c1. The largest absolute Gasteiger partial charge is 0.467 e. The highest BCUT2D eigenvalue weighted by Crippen LogP contribution is 2.28. The summed E-state index contributed by atoms with van der Waals surface area (Å²) in [6.07, 6.45) is 1.40. The molecule has 21 heavy (non-hydrogen) atoms. The molecule has 1 aliphatic heterocycles. The maximum atomic E-state index is 12.5. The Morgan fingerprint density at radius 1 is 1.33 bits per heavy atom. The smallest absolute Gasteiger partial charge is 0.328 e. The number of nitrogens with zero attached hydrogens (tertiary/aromatic N) is 2. The van der Waals surface area contributed by atoms with E-state index < -0.39 is 6.04 Å². The lowest BCUT2D eigenvalue weighted by molar-refractivity contribution is -0.144. The second kappa shape index (κ2) is 6.54. The minimum atomic E-state index is -0.521. The molecular formula is C14H16Cl2N2O3. The van der Waals surface area contributed by atoms with Crippen LogP contribution in [0.25, 0.3) is 0 Å². The lowest BCUT2D eigenvalue weighted by atomic mass is 10.2. The Morgan fingerprint density at radius 2 is 2.05 bits per heavy atom. The van der Waals surface area contributed by atoms with Gasteiger partial charge in [0.05, 0.1) is 17.2 Å². The molecule has 1 aromatic rings. The number of amides is 2. The van der Waals surface area contributed by atoms with Crippen molar-refractivity contribution in [1.82, 2.24) is 4.90 Å². The highest BCUT2D eigenvalue weighted by molar-refractivity contribution is 6.42. The van der Waals surface area contributed by atoms with E-state index in [2.05, 4.69) is 0 Å². The fourth-order valence-corrected chi connectivity index (χ4v) is 2.67. The summed E-state index contributed by atoms with van der Waals surface area (Å²) in [5.41, 5.74) is 0.616. The zero-order chi connectivity index (χ0) is 15.6. The zero-order valence-electron chi connectivity index (χ0n) is 11.8. The standard InChI is InChI=1S/C14H16Cl2N2O3/c1-17(9-5-6-10(15)11(16)8-9)14(20)18-7-3-4-12(18)13(19)21-2/h5-6,8,12H,3-4,7H2,1-2H3/t12-/m1/s1. The molecule has 1 fully saturated rings. The van der Waals surface area contributed by atoms with Crippen LogP contribution in [-0.4, -0.2) is 43.6 Å². The molecule has 1 aromatic carbocycles. The number of halogens is 2. The maximum absolute atomic E-state index is 12.5. The molecule has 0 saturated carbocycles. The molecule has 0 unspecified atom stereocenters. The van der Waals surface area contributed by atoms with Crippen molar-refractivity contribution in [3.8, 4) is 0 Å². The summed E-state index contributed by atoms with van der Waals surface area (Å²) < 4.78 is 4.74. The van der Waals surface area contributed by atoms with Crippen LogP contribution in [0.2, 0.25) is 10.0 Å². The van der Waals surface area contributed by atoms with E-state index in [1.54, 1.807) is 25.2 Å². The first kappa shape index (κ1) is 15.9. The molecule has 0 aromatic heterocycles. The van der Waals surface area contributed by atoms with Gasteiger partial charge in [0.1, 0.15) is 6.04 Å². The molecule has 0 spiro atoms. The normalized spacial score (nSPS) is 17.7. The van der Waals surface area contributed by atoms with Crippen LogP contribution in [0.3, 0.4) is 0 Å². The Morgan fingerprint density at radius 3 is 2.67 bits per heavy atom. The van der Waals surface area contributed by atoms with Crippen LogP contribution in [-0.2, 0) is 9.53 Å². The number of carbonyl (C=O) groups is 2. The molecule has 0 N–H and O–H groups in total. The molecule has 1 heterocycles. The minimum Gasteiger partial charge on any atom is -0.467 e. The quantitative estimate of drug-likeness (QED) is 0.782. The molecule has 2 rings (SSSR count). The highest BCUT2D eigenvalue weighted by Gasteiger charge is 2.36. The van der Waals surface area contributed by atoms with Gasteiger partial charge in [0.25, 0.3) is 0 Å².